The number of hydrogen-bond acceptors (Lipinski definition) is 4. The van der Waals surface area contributed by atoms with E-state index < -0.39 is 0 Å². The highest BCUT2D eigenvalue weighted by Crippen LogP contribution is 2.07. The van der Waals surface area contributed by atoms with Gasteiger partial charge in [-0.25, -0.2) is 4.98 Å². The predicted molar refractivity (Wildman–Crippen MR) is 110 cm³/mol. The summed E-state index contributed by atoms with van der Waals surface area (Å²) < 4.78 is 7.40. The van der Waals surface area contributed by atoms with Crippen LogP contribution in [0.25, 0.3) is 0 Å². The van der Waals surface area contributed by atoms with Crippen molar-refractivity contribution in [3.8, 4) is 5.88 Å². The van der Waals surface area contributed by atoms with Crippen LogP contribution in [-0.4, -0.2) is 40.9 Å². The van der Waals surface area contributed by atoms with Gasteiger partial charge in [0.25, 0.3) is 0 Å². The molecular weight excluding hydrogens is 431 g/mol. The number of halogens is 1. The van der Waals surface area contributed by atoms with Crippen molar-refractivity contribution >= 4 is 29.9 Å². The molecule has 0 unspecified atom stereocenters. The zero-order chi connectivity index (χ0) is 17.0. The fraction of sp³-hybridized carbons (Fsp3) is 0.471. The minimum Gasteiger partial charge on any atom is -0.478 e. The number of aliphatic imine (C=N–C) groups is 1. The Hall–Kier alpha value is -1.84. The molecule has 138 valence electrons. The van der Waals surface area contributed by atoms with Gasteiger partial charge in [-0.1, -0.05) is 13.0 Å². The summed E-state index contributed by atoms with van der Waals surface area (Å²) in [7, 11) is 1.77. The second kappa shape index (κ2) is 12.5. The number of aryl methyl sites for hydroxylation is 1. The van der Waals surface area contributed by atoms with Gasteiger partial charge >= 0.3 is 0 Å². The maximum atomic E-state index is 5.48. The van der Waals surface area contributed by atoms with Gasteiger partial charge < -0.3 is 15.4 Å². The zero-order valence-corrected chi connectivity index (χ0v) is 17.1. The molecule has 2 heterocycles. The second-order valence-electron chi connectivity index (χ2n) is 5.33. The SMILES string of the molecule is CCCOc1ccc(CNC(=NC)NCCCn2cccn2)cn1.I. The Morgan fingerprint density at radius 1 is 1.32 bits per heavy atom. The molecule has 0 radical (unpaired) electrons. The summed E-state index contributed by atoms with van der Waals surface area (Å²) in [6, 6.07) is 5.84. The predicted octanol–water partition coefficient (Wildman–Crippen LogP) is 2.44. The number of aromatic nitrogens is 3. The minimum absolute atomic E-state index is 0. The van der Waals surface area contributed by atoms with Crippen molar-refractivity contribution in [1.82, 2.24) is 25.4 Å². The molecule has 8 heteroatoms. The highest BCUT2D eigenvalue weighted by atomic mass is 127. The number of rotatable bonds is 9. The molecule has 2 N–H and O–H groups in total. The van der Waals surface area contributed by atoms with Crippen LogP contribution in [0.3, 0.4) is 0 Å². The van der Waals surface area contributed by atoms with Crippen LogP contribution in [0.5, 0.6) is 5.88 Å². The van der Waals surface area contributed by atoms with Crippen LogP contribution in [0.4, 0.5) is 0 Å². The maximum Gasteiger partial charge on any atom is 0.213 e. The third kappa shape index (κ3) is 8.19. The Morgan fingerprint density at radius 3 is 2.84 bits per heavy atom. The number of pyridine rings is 1. The molecule has 0 aliphatic carbocycles. The molecule has 0 bridgehead atoms. The Kier molecular flexibility index (Phi) is 10.6. The van der Waals surface area contributed by atoms with Gasteiger partial charge in [0.2, 0.25) is 5.88 Å². The van der Waals surface area contributed by atoms with E-state index in [9.17, 15) is 0 Å². The van der Waals surface area contributed by atoms with Crippen LogP contribution in [-0.2, 0) is 13.1 Å². The number of nitrogens with one attached hydrogen (secondary N) is 2. The first-order chi connectivity index (χ1) is 11.8. The molecule has 2 aromatic heterocycles. The van der Waals surface area contributed by atoms with Crippen molar-refractivity contribution < 1.29 is 4.74 Å². The minimum atomic E-state index is 0. The number of guanidine groups is 1. The van der Waals surface area contributed by atoms with Gasteiger partial charge in [-0.3, -0.25) is 9.67 Å². The number of hydrogen-bond donors (Lipinski definition) is 2. The van der Waals surface area contributed by atoms with E-state index in [-0.39, 0.29) is 24.0 Å². The normalized spacial score (nSPS) is 10.9. The smallest absolute Gasteiger partial charge is 0.213 e. The molecule has 2 rings (SSSR count). The van der Waals surface area contributed by atoms with E-state index in [2.05, 4.69) is 32.6 Å². The van der Waals surface area contributed by atoms with Crippen molar-refractivity contribution in [2.24, 2.45) is 4.99 Å². The Bertz CT molecular complexity index is 600. The fourth-order valence-corrected chi connectivity index (χ4v) is 2.09. The van der Waals surface area contributed by atoms with Crippen LogP contribution in [0.2, 0.25) is 0 Å². The van der Waals surface area contributed by atoms with Crippen LogP contribution < -0.4 is 15.4 Å². The van der Waals surface area contributed by atoms with Crippen molar-refractivity contribution in [3.63, 3.8) is 0 Å². The molecule has 25 heavy (non-hydrogen) atoms. The topological polar surface area (TPSA) is 76.4 Å². The molecule has 0 saturated carbocycles. The third-order valence-corrected chi connectivity index (χ3v) is 3.35. The van der Waals surface area contributed by atoms with Crippen molar-refractivity contribution in [2.75, 3.05) is 20.2 Å². The molecule has 0 fully saturated rings. The summed E-state index contributed by atoms with van der Waals surface area (Å²) in [5, 5.41) is 10.8. The highest BCUT2D eigenvalue weighted by molar-refractivity contribution is 14.0. The summed E-state index contributed by atoms with van der Waals surface area (Å²) >= 11 is 0. The zero-order valence-electron chi connectivity index (χ0n) is 14.8. The van der Waals surface area contributed by atoms with Crippen molar-refractivity contribution in [2.45, 2.75) is 32.9 Å². The Labute approximate surface area is 166 Å². The molecule has 7 nitrogen and oxygen atoms in total. The highest BCUT2D eigenvalue weighted by Gasteiger charge is 2.00. The van der Waals surface area contributed by atoms with Gasteiger partial charge in [0.1, 0.15) is 0 Å². The van der Waals surface area contributed by atoms with Gasteiger partial charge in [-0.2, -0.15) is 5.10 Å². The van der Waals surface area contributed by atoms with Crippen LogP contribution in [0.15, 0.2) is 41.8 Å². The fourth-order valence-electron chi connectivity index (χ4n) is 2.09. The van der Waals surface area contributed by atoms with Gasteiger partial charge in [-0.15, -0.1) is 24.0 Å². The van der Waals surface area contributed by atoms with Crippen LogP contribution >= 0.6 is 24.0 Å². The first kappa shape index (κ1) is 21.2. The summed E-state index contributed by atoms with van der Waals surface area (Å²) in [5.74, 6) is 1.45. The van der Waals surface area contributed by atoms with Gasteiger partial charge in [0, 0.05) is 51.3 Å². The van der Waals surface area contributed by atoms with Crippen LogP contribution in [0, 0.1) is 0 Å². The molecule has 0 aliphatic heterocycles. The van der Waals surface area contributed by atoms with E-state index in [0.29, 0.717) is 19.0 Å². The van der Waals surface area contributed by atoms with E-state index in [1.165, 1.54) is 0 Å². The first-order valence-corrected chi connectivity index (χ1v) is 8.31. The standard InChI is InChI=1S/C17H26N6O.HI/c1-3-12-24-16-7-6-15(13-20-16)14-21-17(18-2)19-8-4-10-23-11-5-9-22-23;/h5-7,9,11,13H,3-4,8,10,12,14H2,1-2H3,(H2,18,19,21);1H. The average Bonchev–Trinajstić information content (AvgIpc) is 3.13. The summed E-state index contributed by atoms with van der Waals surface area (Å²) in [4.78, 5) is 8.51. The molecule has 0 spiro atoms. The lowest BCUT2D eigenvalue weighted by atomic mass is 10.3. The van der Waals surface area contributed by atoms with E-state index in [1.807, 2.05) is 35.3 Å². The van der Waals surface area contributed by atoms with Crippen molar-refractivity contribution in [3.05, 3.63) is 42.4 Å². The van der Waals surface area contributed by atoms with E-state index in [4.69, 9.17) is 4.74 Å². The molecule has 0 aromatic carbocycles. The molecule has 0 aliphatic rings. The Morgan fingerprint density at radius 2 is 2.20 bits per heavy atom. The summed E-state index contributed by atoms with van der Waals surface area (Å²) in [6.45, 7) is 5.16. The Balaban J connectivity index is 0.00000312. The summed E-state index contributed by atoms with van der Waals surface area (Å²) in [5.41, 5.74) is 1.08. The quantitative estimate of drug-likeness (QED) is 0.261. The lowest BCUT2D eigenvalue weighted by molar-refractivity contribution is 0.305. The molecule has 2 aromatic rings. The third-order valence-electron chi connectivity index (χ3n) is 3.35. The second-order valence-corrected chi connectivity index (χ2v) is 5.33. The first-order valence-electron chi connectivity index (χ1n) is 8.31. The van der Waals surface area contributed by atoms with E-state index in [0.717, 1.165) is 37.5 Å². The van der Waals surface area contributed by atoms with Crippen molar-refractivity contribution in [1.29, 1.82) is 0 Å². The number of ether oxygens (including phenoxy) is 1. The molecular formula is C17H27IN6O. The van der Waals surface area contributed by atoms with Gasteiger partial charge in [-0.05, 0) is 24.5 Å². The average molecular weight is 458 g/mol. The molecule has 0 amide bonds. The number of nitrogens with zero attached hydrogens (tertiary/aromatic N) is 4. The molecule has 0 atom stereocenters. The van der Waals surface area contributed by atoms with E-state index in [1.54, 1.807) is 13.2 Å². The lowest BCUT2D eigenvalue weighted by Gasteiger charge is -2.12. The van der Waals surface area contributed by atoms with Gasteiger partial charge in [0.15, 0.2) is 5.96 Å². The lowest BCUT2D eigenvalue weighted by Crippen LogP contribution is -2.37. The van der Waals surface area contributed by atoms with Crippen LogP contribution in [0.1, 0.15) is 25.3 Å². The monoisotopic (exact) mass is 458 g/mol. The summed E-state index contributed by atoms with van der Waals surface area (Å²) in [6.07, 6.45) is 7.54. The maximum absolute atomic E-state index is 5.48. The van der Waals surface area contributed by atoms with E-state index >= 15 is 0 Å². The molecule has 0 saturated heterocycles. The van der Waals surface area contributed by atoms with Gasteiger partial charge in [0.05, 0.1) is 6.61 Å². The largest absolute Gasteiger partial charge is 0.478 e.